The van der Waals surface area contributed by atoms with Crippen LogP contribution < -0.4 is 0 Å². The molecular weight excluding hydrogens is 228 g/mol. The van der Waals surface area contributed by atoms with E-state index in [1.54, 1.807) is 0 Å². The van der Waals surface area contributed by atoms with Crippen LogP contribution in [0.3, 0.4) is 0 Å². The van der Waals surface area contributed by atoms with Crippen LogP contribution in [0.5, 0.6) is 0 Å². The van der Waals surface area contributed by atoms with Gasteiger partial charge in [0.05, 0.1) is 0 Å². The summed E-state index contributed by atoms with van der Waals surface area (Å²) in [5, 5.41) is 0. The maximum absolute atomic E-state index is 3.82. The Morgan fingerprint density at radius 3 is 1.58 bits per heavy atom. The monoisotopic (exact) mass is 255 g/mol. The molecule has 0 heterocycles. The predicted molar refractivity (Wildman–Crippen MR) is 81.7 cm³/mol. The third kappa shape index (κ3) is 3.22. The molecule has 3 rings (SSSR count). The summed E-state index contributed by atoms with van der Waals surface area (Å²) in [4.78, 5) is 0. The summed E-state index contributed by atoms with van der Waals surface area (Å²) in [5.74, 6) is 1.60. The van der Waals surface area contributed by atoms with Gasteiger partial charge in [-0.3, -0.25) is 0 Å². The van der Waals surface area contributed by atoms with Gasteiger partial charge in [0.15, 0.2) is 0 Å². The highest BCUT2D eigenvalue weighted by atomic mass is 14.2. The Balaban J connectivity index is 1.82. The molecule has 2 saturated carbocycles. The molecule has 0 spiro atoms. The molecule has 0 bridgehead atoms. The van der Waals surface area contributed by atoms with Crippen LogP contribution in [-0.4, -0.2) is 0 Å². The molecule has 0 saturated heterocycles. The van der Waals surface area contributed by atoms with Crippen molar-refractivity contribution in [2.45, 2.75) is 83.0 Å². The lowest BCUT2D eigenvalue weighted by Gasteiger charge is -2.26. The highest BCUT2D eigenvalue weighted by molar-refractivity contribution is 5.33. The molecule has 1 aromatic carbocycles. The van der Waals surface area contributed by atoms with E-state index in [2.05, 4.69) is 25.1 Å². The van der Waals surface area contributed by atoms with Crippen LogP contribution in [0.2, 0.25) is 0 Å². The first-order valence-electron chi connectivity index (χ1n) is 8.37. The Kier molecular flexibility index (Phi) is 4.25. The van der Waals surface area contributed by atoms with Crippen LogP contribution in [0.25, 0.3) is 0 Å². The van der Waals surface area contributed by atoms with E-state index in [4.69, 9.17) is 0 Å². The van der Waals surface area contributed by atoms with Gasteiger partial charge >= 0.3 is 0 Å². The van der Waals surface area contributed by atoms with E-state index in [0.717, 1.165) is 11.8 Å². The van der Waals surface area contributed by atoms with Crippen LogP contribution in [0.1, 0.15) is 92.7 Å². The molecule has 2 fully saturated rings. The average molecular weight is 255 g/mol. The van der Waals surface area contributed by atoms with Crippen LogP contribution in [0.15, 0.2) is 12.1 Å². The third-order valence-corrected chi connectivity index (χ3v) is 5.15. The quantitative estimate of drug-likeness (QED) is 0.618. The molecule has 1 aromatic rings. The van der Waals surface area contributed by atoms with E-state index in [1.807, 2.05) is 0 Å². The second kappa shape index (κ2) is 6.11. The minimum absolute atomic E-state index is 0.802. The molecule has 0 N–H and O–H groups in total. The Hall–Kier alpha value is -0.780. The molecular formula is C19H27. The molecule has 0 aliphatic heterocycles. The molecule has 0 nitrogen and oxygen atoms in total. The molecule has 0 heteroatoms. The summed E-state index contributed by atoms with van der Waals surface area (Å²) in [6.07, 6.45) is 14.1. The molecule has 19 heavy (non-hydrogen) atoms. The van der Waals surface area contributed by atoms with E-state index in [9.17, 15) is 0 Å². The van der Waals surface area contributed by atoms with Gasteiger partial charge in [0, 0.05) is 0 Å². The number of aryl methyl sites for hydroxylation is 1. The largest absolute Gasteiger partial charge is 0.0552 e. The smallest absolute Gasteiger partial charge is 0.0108 e. The van der Waals surface area contributed by atoms with Gasteiger partial charge in [-0.2, -0.15) is 0 Å². The van der Waals surface area contributed by atoms with Gasteiger partial charge in [-0.25, -0.2) is 0 Å². The van der Waals surface area contributed by atoms with Gasteiger partial charge in [-0.1, -0.05) is 56.2 Å². The second-order valence-electron chi connectivity index (χ2n) is 6.74. The van der Waals surface area contributed by atoms with E-state index in [1.165, 1.54) is 80.9 Å². The Bertz CT molecular complexity index is 370. The van der Waals surface area contributed by atoms with Crippen molar-refractivity contribution in [1.29, 1.82) is 0 Å². The highest BCUT2D eigenvalue weighted by Gasteiger charge is 2.20. The minimum atomic E-state index is 0.802. The van der Waals surface area contributed by atoms with Gasteiger partial charge in [-0.15, -0.1) is 0 Å². The zero-order valence-corrected chi connectivity index (χ0v) is 12.4. The number of hydrogen-bond acceptors (Lipinski definition) is 0. The van der Waals surface area contributed by atoms with Crippen LogP contribution in [0, 0.1) is 13.0 Å². The zero-order chi connectivity index (χ0) is 13.1. The van der Waals surface area contributed by atoms with Crippen molar-refractivity contribution in [2.24, 2.45) is 0 Å². The van der Waals surface area contributed by atoms with Crippen molar-refractivity contribution in [1.82, 2.24) is 0 Å². The Morgan fingerprint density at radius 2 is 1.16 bits per heavy atom. The van der Waals surface area contributed by atoms with E-state index < -0.39 is 0 Å². The van der Waals surface area contributed by atoms with Gasteiger partial charge < -0.3 is 0 Å². The minimum Gasteiger partial charge on any atom is -0.0552 e. The van der Waals surface area contributed by atoms with E-state index >= 15 is 0 Å². The van der Waals surface area contributed by atoms with Crippen molar-refractivity contribution in [3.63, 3.8) is 0 Å². The Morgan fingerprint density at radius 1 is 0.737 bits per heavy atom. The lowest BCUT2D eigenvalue weighted by atomic mass is 9.79. The van der Waals surface area contributed by atoms with Crippen LogP contribution in [0.4, 0.5) is 0 Å². The van der Waals surface area contributed by atoms with Gasteiger partial charge in [0.1, 0.15) is 0 Å². The van der Waals surface area contributed by atoms with E-state index in [-0.39, 0.29) is 0 Å². The molecule has 2 aliphatic carbocycles. The summed E-state index contributed by atoms with van der Waals surface area (Å²) < 4.78 is 0. The summed E-state index contributed by atoms with van der Waals surface area (Å²) in [5.41, 5.74) is 4.51. The first-order chi connectivity index (χ1) is 9.33. The third-order valence-electron chi connectivity index (χ3n) is 5.15. The fourth-order valence-corrected chi connectivity index (χ4v) is 4.04. The fraction of sp³-hybridized carbons (Fsp3) is 0.684. The lowest BCUT2D eigenvalue weighted by Crippen LogP contribution is -2.09. The predicted octanol–water partition coefficient (Wildman–Crippen LogP) is 5.89. The standard InChI is InChI=1S/C19H27/c1-15-12-18(16-8-4-2-5-9-16)14-19(13-15)17-10-6-3-7-11-17/h12-13,16-17H,2-11H2,1H3. The fourth-order valence-electron chi connectivity index (χ4n) is 4.04. The molecule has 1 radical (unpaired) electrons. The van der Waals surface area contributed by atoms with E-state index in [0.29, 0.717) is 0 Å². The first kappa shape index (κ1) is 13.2. The van der Waals surface area contributed by atoms with Crippen molar-refractivity contribution >= 4 is 0 Å². The molecule has 0 amide bonds. The summed E-state index contributed by atoms with van der Waals surface area (Å²) in [6, 6.07) is 8.63. The normalized spacial score (nSPS) is 22.6. The topological polar surface area (TPSA) is 0 Å². The summed E-state index contributed by atoms with van der Waals surface area (Å²) in [7, 11) is 0. The molecule has 0 unspecified atom stereocenters. The Labute approximate surface area is 118 Å². The number of benzene rings is 1. The van der Waals surface area contributed by atoms with Crippen LogP contribution >= 0.6 is 0 Å². The van der Waals surface area contributed by atoms with Gasteiger partial charge in [0.25, 0.3) is 0 Å². The van der Waals surface area contributed by atoms with Crippen LogP contribution in [-0.2, 0) is 0 Å². The molecule has 0 atom stereocenters. The van der Waals surface area contributed by atoms with Crippen molar-refractivity contribution in [2.75, 3.05) is 0 Å². The number of rotatable bonds is 2. The number of hydrogen-bond donors (Lipinski definition) is 0. The van der Waals surface area contributed by atoms with Crippen molar-refractivity contribution in [3.05, 3.63) is 34.9 Å². The second-order valence-corrected chi connectivity index (χ2v) is 6.74. The summed E-state index contributed by atoms with van der Waals surface area (Å²) in [6.45, 7) is 2.27. The molecule has 103 valence electrons. The zero-order valence-electron chi connectivity index (χ0n) is 12.4. The van der Waals surface area contributed by atoms with Crippen molar-refractivity contribution in [3.8, 4) is 0 Å². The van der Waals surface area contributed by atoms with Gasteiger partial charge in [-0.05, 0) is 61.6 Å². The van der Waals surface area contributed by atoms with Crippen molar-refractivity contribution < 1.29 is 0 Å². The first-order valence-corrected chi connectivity index (χ1v) is 8.37. The maximum atomic E-state index is 3.82. The van der Waals surface area contributed by atoms with Gasteiger partial charge in [0.2, 0.25) is 0 Å². The lowest BCUT2D eigenvalue weighted by molar-refractivity contribution is 0.434. The molecule has 0 aromatic heterocycles. The average Bonchev–Trinajstić information content (AvgIpc) is 2.48. The molecule has 2 aliphatic rings. The maximum Gasteiger partial charge on any atom is -0.0108 e. The summed E-state index contributed by atoms with van der Waals surface area (Å²) >= 11 is 0. The highest BCUT2D eigenvalue weighted by Crippen LogP contribution is 2.37. The SMILES string of the molecule is Cc1cc(C2CCCCC2)[c]c(C2CCCCC2)c1.